The van der Waals surface area contributed by atoms with Crippen molar-refractivity contribution >= 4 is 17.9 Å². The summed E-state index contributed by atoms with van der Waals surface area (Å²) in [7, 11) is 0. The van der Waals surface area contributed by atoms with Crippen LogP contribution in [0.2, 0.25) is 0 Å². The van der Waals surface area contributed by atoms with E-state index in [1.54, 1.807) is 22.9 Å². The Morgan fingerprint density at radius 1 is 1.26 bits per heavy atom. The molecule has 1 heterocycles. The van der Waals surface area contributed by atoms with Crippen LogP contribution < -0.4 is 5.32 Å². The number of rotatable bonds is 4. The quantitative estimate of drug-likeness (QED) is 0.855. The van der Waals surface area contributed by atoms with Gasteiger partial charge in [-0.25, -0.2) is 0 Å². The molecule has 1 N–H and O–H groups in total. The Morgan fingerprint density at radius 2 is 2.05 bits per heavy atom. The molecule has 0 spiro atoms. The number of aromatic nitrogens is 1. The summed E-state index contributed by atoms with van der Waals surface area (Å²) < 4.78 is 1.61. The smallest absolute Gasteiger partial charge is 0.244 e. The molecular weight excluding hydrogens is 240 g/mol. The minimum atomic E-state index is -0.150. The van der Waals surface area contributed by atoms with Gasteiger partial charge in [-0.15, -0.1) is 0 Å². The Kier molecular flexibility index (Phi) is 3.80. The number of benzene rings is 1. The maximum Gasteiger partial charge on any atom is 0.244 e. The van der Waals surface area contributed by atoms with E-state index in [0.29, 0.717) is 5.69 Å². The average molecular weight is 256 g/mol. The van der Waals surface area contributed by atoms with Crippen molar-refractivity contribution in [3.63, 3.8) is 0 Å². The molecular formula is C15H16N2O2. The van der Waals surface area contributed by atoms with Gasteiger partial charge in [0, 0.05) is 11.9 Å². The number of hydrogen-bond donors (Lipinski definition) is 1. The lowest BCUT2D eigenvalue weighted by molar-refractivity contribution is -0.116. The van der Waals surface area contributed by atoms with E-state index < -0.39 is 0 Å². The van der Waals surface area contributed by atoms with Crippen molar-refractivity contribution in [2.75, 3.05) is 5.32 Å². The minimum absolute atomic E-state index is 0.133. The zero-order valence-corrected chi connectivity index (χ0v) is 11.0. The van der Waals surface area contributed by atoms with Crippen LogP contribution in [0, 0.1) is 13.8 Å². The largest absolute Gasteiger partial charge is 0.336 e. The Hall–Kier alpha value is -2.36. The molecule has 0 bridgehead atoms. The molecule has 98 valence electrons. The van der Waals surface area contributed by atoms with Crippen molar-refractivity contribution in [3.05, 3.63) is 53.3 Å². The summed E-state index contributed by atoms with van der Waals surface area (Å²) in [5.41, 5.74) is 3.59. The van der Waals surface area contributed by atoms with Gasteiger partial charge < -0.3 is 9.88 Å². The summed E-state index contributed by atoms with van der Waals surface area (Å²) in [6.45, 7) is 4.16. The van der Waals surface area contributed by atoms with Crippen LogP contribution in [0.5, 0.6) is 0 Å². The number of carbonyl (C=O) groups excluding carboxylic acids is 2. The van der Waals surface area contributed by atoms with Gasteiger partial charge in [0.1, 0.15) is 6.54 Å². The number of carbonyl (C=O) groups is 2. The first-order valence-corrected chi connectivity index (χ1v) is 6.07. The maximum absolute atomic E-state index is 11.9. The summed E-state index contributed by atoms with van der Waals surface area (Å²) in [5, 5.41) is 2.82. The standard InChI is InChI=1S/C15H16N2O2/c1-11-5-6-13(8-12(11)2)16-15(19)9-17-7-3-4-14(17)10-18/h3-8,10H,9H2,1-2H3,(H,16,19). The number of hydrogen-bond acceptors (Lipinski definition) is 2. The van der Waals surface area contributed by atoms with E-state index in [9.17, 15) is 9.59 Å². The van der Waals surface area contributed by atoms with E-state index in [-0.39, 0.29) is 12.5 Å². The summed E-state index contributed by atoms with van der Waals surface area (Å²) in [4.78, 5) is 22.7. The van der Waals surface area contributed by atoms with Gasteiger partial charge >= 0.3 is 0 Å². The third-order valence-corrected chi connectivity index (χ3v) is 3.09. The highest BCUT2D eigenvalue weighted by atomic mass is 16.2. The molecule has 0 atom stereocenters. The third kappa shape index (κ3) is 3.10. The van der Waals surface area contributed by atoms with E-state index >= 15 is 0 Å². The van der Waals surface area contributed by atoms with E-state index in [1.165, 1.54) is 5.56 Å². The van der Waals surface area contributed by atoms with Crippen molar-refractivity contribution in [1.29, 1.82) is 0 Å². The normalized spacial score (nSPS) is 10.2. The fourth-order valence-electron chi connectivity index (χ4n) is 1.85. The molecule has 1 aromatic heterocycles. The Labute approximate surface area is 112 Å². The first-order valence-electron chi connectivity index (χ1n) is 6.07. The molecule has 4 heteroatoms. The van der Waals surface area contributed by atoms with Gasteiger partial charge in [0.2, 0.25) is 5.91 Å². The van der Waals surface area contributed by atoms with Crippen LogP contribution in [0.25, 0.3) is 0 Å². The third-order valence-electron chi connectivity index (χ3n) is 3.09. The van der Waals surface area contributed by atoms with Gasteiger partial charge in [-0.2, -0.15) is 0 Å². The lowest BCUT2D eigenvalue weighted by Crippen LogP contribution is -2.19. The molecule has 0 unspecified atom stereocenters. The first kappa shape index (κ1) is 13.1. The van der Waals surface area contributed by atoms with E-state index in [4.69, 9.17) is 0 Å². The predicted molar refractivity (Wildman–Crippen MR) is 74.4 cm³/mol. The molecule has 0 saturated heterocycles. The zero-order valence-electron chi connectivity index (χ0n) is 11.0. The molecule has 1 aromatic carbocycles. The molecule has 2 aromatic rings. The monoisotopic (exact) mass is 256 g/mol. The van der Waals surface area contributed by atoms with Crippen molar-refractivity contribution in [2.24, 2.45) is 0 Å². The Bertz CT molecular complexity index is 614. The predicted octanol–water partition coefficient (Wildman–Crippen LogP) is 2.56. The highest BCUT2D eigenvalue weighted by molar-refractivity contribution is 5.91. The number of anilines is 1. The lowest BCUT2D eigenvalue weighted by Gasteiger charge is -2.09. The van der Waals surface area contributed by atoms with Crippen LogP contribution >= 0.6 is 0 Å². The number of aldehydes is 1. The van der Waals surface area contributed by atoms with Crippen LogP contribution in [-0.2, 0) is 11.3 Å². The van der Waals surface area contributed by atoms with E-state index in [1.807, 2.05) is 32.0 Å². The van der Waals surface area contributed by atoms with Gasteiger partial charge in [-0.05, 0) is 49.2 Å². The summed E-state index contributed by atoms with van der Waals surface area (Å²) in [6.07, 6.45) is 2.45. The Balaban J connectivity index is 2.05. The number of amides is 1. The number of aryl methyl sites for hydroxylation is 2. The molecule has 1 amide bonds. The number of nitrogens with one attached hydrogen (secondary N) is 1. The second kappa shape index (κ2) is 5.52. The zero-order chi connectivity index (χ0) is 13.8. The van der Waals surface area contributed by atoms with Crippen LogP contribution in [-0.4, -0.2) is 16.8 Å². The minimum Gasteiger partial charge on any atom is -0.336 e. The SMILES string of the molecule is Cc1ccc(NC(=O)Cn2cccc2C=O)cc1C. The summed E-state index contributed by atoms with van der Waals surface area (Å²) in [5.74, 6) is -0.150. The molecule has 0 radical (unpaired) electrons. The second-order valence-electron chi connectivity index (χ2n) is 4.53. The molecule has 0 saturated carbocycles. The van der Waals surface area contributed by atoms with Crippen molar-refractivity contribution in [2.45, 2.75) is 20.4 Å². The van der Waals surface area contributed by atoms with Crippen LogP contribution in [0.3, 0.4) is 0 Å². The first-order chi connectivity index (χ1) is 9.10. The summed E-state index contributed by atoms with van der Waals surface area (Å²) in [6, 6.07) is 9.20. The second-order valence-corrected chi connectivity index (χ2v) is 4.53. The highest BCUT2D eigenvalue weighted by Crippen LogP contribution is 2.14. The van der Waals surface area contributed by atoms with Crippen LogP contribution in [0.15, 0.2) is 36.5 Å². The van der Waals surface area contributed by atoms with Gasteiger partial charge in [0.05, 0.1) is 5.69 Å². The van der Waals surface area contributed by atoms with Crippen LogP contribution in [0.1, 0.15) is 21.6 Å². The molecule has 4 nitrogen and oxygen atoms in total. The maximum atomic E-state index is 11.9. The molecule has 0 aliphatic carbocycles. The molecule has 19 heavy (non-hydrogen) atoms. The van der Waals surface area contributed by atoms with Crippen molar-refractivity contribution in [3.8, 4) is 0 Å². The molecule has 0 aliphatic rings. The van der Waals surface area contributed by atoms with Gasteiger partial charge in [-0.1, -0.05) is 6.07 Å². The highest BCUT2D eigenvalue weighted by Gasteiger charge is 2.06. The summed E-state index contributed by atoms with van der Waals surface area (Å²) >= 11 is 0. The number of nitrogens with zero attached hydrogens (tertiary/aromatic N) is 1. The molecule has 2 rings (SSSR count). The van der Waals surface area contributed by atoms with Crippen molar-refractivity contribution < 1.29 is 9.59 Å². The topological polar surface area (TPSA) is 51.1 Å². The van der Waals surface area contributed by atoms with Gasteiger partial charge in [-0.3, -0.25) is 9.59 Å². The van der Waals surface area contributed by atoms with E-state index in [2.05, 4.69) is 5.32 Å². The molecule has 0 aliphatic heterocycles. The van der Waals surface area contributed by atoms with Gasteiger partial charge in [0.25, 0.3) is 0 Å². The molecule has 0 fully saturated rings. The van der Waals surface area contributed by atoms with Crippen molar-refractivity contribution in [1.82, 2.24) is 4.57 Å². The fourth-order valence-corrected chi connectivity index (χ4v) is 1.85. The van der Waals surface area contributed by atoms with Crippen LogP contribution in [0.4, 0.5) is 5.69 Å². The fraction of sp³-hybridized carbons (Fsp3) is 0.200. The van der Waals surface area contributed by atoms with Gasteiger partial charge in [0.15, 0.2) is 6.29 Å². The Morgan fingerprint density at radius 3 is 2.74 bits per heavy atom. The van der Waals surface area contributed by atoms with E-state index in [0.717, 1.165) is 17.5 Å². The lowest BCUT2D eigenvalue weighted by atomic mass is 10.1. The average Bonchev–Trinajstić information content (AvgIpc) is 2.81.